The van der Waals surface area contributed by atoms with Crippen LogP contribution in [-0.4, -0.2) is 19.8 Å². The number of halogens is 1. The third-order valence-electron chi connectivity index (χ3n) is 2.62. The number of nitrogens with zero attached hydrogens (tertiary/aromatic N) is 1. The summed E-state index contributed by atoms with van der Waals surface area (Å²) in [7, 11) is 1.64. The van der Waals surface area contributed by atoms with E-state index in [1.54, 1.807) is 13.2 Å². The Kier molecular flexibility index (Phi) is 5.61. The second kappa shape index (κ2) is 7.00. The quantitative estimate of drug-likeness (QED) is 0.823. The van der Waals surface area contributed by atoms with E-state index in [4.69, 9.17) is 10.00 Å². The molecule has 3 nitrogen and oxygen atoms in total. The topological polar surface area (TPSA) is 45.0 Å². The molecule has 17 heavy (non-hydrogen) atoms. The van der Waals surface area contributed by atoms with E-state index in [1.165, 1.54) is 12.1 Å². The molecule has 0 saturated heterocycles. The van der Waals surface area contributed by atoms with Crippen molar-refractivity contribution in [3.05, 3.63) is 35.1 Å². The van der Waals surface area contributed by atoms with Gasteiger partial charge >= 0.3 is 0 Å². The van der Waals surface area contributed by atoms with E-state index in [0.29, 0.717) is 24.3 Å². The third-order valence-corrected chi connectivity index (χ3v) is 2.62. The summed E-state index contributed by atoms with van der Waals surface area (Å²) in [6, 6.07) is 6.58. The lowest BCUT2D eigenvalue weighted by molar-refractivity contribution is 0.163. The molecule has 0 fully saturated rings. The average Bonchev–Trinajstić information content (AvgIpc) is 2.36. The Balaban J connectivity index is 2.65. The van der Waals surface area contributed by atoms with Gasteiger partial charge in [-0.15, -0.1) is 0 Å². The number of hydrogen-bond acceptors (Lipinski definition) is 3. The maximum absolute atomic E-state index is 13.5. The van der Waals surface area contributed by atoms with Crippen molar-refractivity contribution in [3.63, 3.8) is 0 Å². The van der Waals surface area contributed by atoms with Gasteiger partial charge in [0, 0.05) is 25.3 Å². The van der Waals surface area contributed by atoms with Gasteiger partial charge < -0.3 is 10.1 Å². The predicted octanol–water partition coefficient (Wildman–Crippen LogP) is 2.21. The van der Waals surface area contributed by atoms with Crippen LogP contribution in [0.15, 0.2) is 18.2 Å². The van der Waals surface area contributed by atoms with Gasteiger partial charge in [0.05, 0.1) is 18.2 Å². The number of ether oxygens (including phenoxy) is 1. The van der Waals surface area contributed by atoms with Gasteiger partial charge in [0.15, 0.2) is 0 Å². The first-order valence-electron chi connectivity index (χ1n) is 5.62. The lowest BCUT2D eigenvalue weighted by atomic mass is 10.1. The minimum atomic E-state index is -0.288. The van der Waals surface area contributed by atoms with Gasteiger partial charge in [-0.3, -0.25) is 0 Å². The number of hydrogen-bond donors (Lipinski definition) is 1. The lowest BCUT2D eigenvalue weighted by Gasteiger charge is -2.16. The summed E-state index contributed by atoms with van der Waals surface area (Å²) < 4.78 is 18.5. The van der Waals surface area contributed by atoms with Crippen molar-refractivity contribution in [2.75, 3.05) is 13.7 Å². The van der Waals surface area contributed by atoms with Crippen LogP contribution in [0.4, 0.5) is 4.39 Å². The molecular weight excluding hydrogens is 219 g/mol. The standard InChI is InChI=1S/C13H17FN2O/c1-3-12(9-17-2)16-8-11-6-10(7-15)4-5-13(11)14/h4-6,12,16H,3,8-9H2,1-2H3. The minimum Gasteiger partial charge on any atom is -0.383 e. The van der Waals surface area contributed by atoms with Crippen molar-refractivity contribution < 1.29 is 9.13 Å². The molecule has 1 atom stereocenters. The zero-order chi connectivity index (χ0) is 12.7. The first-order valence-corrected chi connectivity index (χ1v) is 5.62. The minimum absolute atomic E-state index is 0.199. The third kappa shape index (κ3) is 4.14. The number of nitriles is 1. The molecular formula is C13H17FN2O. The highest BCUT2D eigenvalue weighted by atomic mass is 19.1. The van der Waals surface area contributed by atoms with Crippen molar-refractivity contribution in [2.45, 2.75) is 25.9 Å². The molecule has 1 aromatic carbocycles. The van der Waals surface area contributed by atoms with Gasteiger partial charge in [-0.05, 0) is 24.6 Å². The van der Waals surface area contributed by atoms with Crippen molar-refractivity contribution in [1.82, 2.24) is 5.32 Å². The van der Waals surface area contributed by atoms with Crippen LogP contribution < -0.4 is 5.32 Å². The van der Waals surface area contributed by atoms with Gasteiger partial charge in [-0.1, -0.05) is 6.92 Å². The summed E-state index contributed by atoms with van der Waals surface area (Å²) in [4.78, 5) is 0. The average molecular weight is 236 g/mol. The maximum Gasteiger partial charge on any atom is 0.127 e. The molecule has 0 radical (unpaired) electrons. The van der Waals surface area contributed by atoms with Gasteiger partial charge in [-0.25, -0.2) is 4.39 Å². The molecule has 0 spiro atoms. The van der Waals surface area contributed by atoms with E-state index in [2.05, 4.69) is 5.32 Å². The summed E-state index contributed by atoms with van der Waals surface area (Å²) >= 11 is 0. The highest BCUT2D eigenvalue weighted by molar-refractivity contribution is 5.33. The number of nitrogens with one attached hydrogen (secondary N) is 1. The molecule has 0 aliphatic heterocycles. The second-order valence-electron chi connectivity index (χ2n) is 3.86. The molecule has 4 heteroatoms. The normalized spacial score (nSPS) is 12.1. The SMILES string of the molecule is CCC(COC)NCc1cc(C#N)ccc1F. The Labute approximate surface area is 101 Å². The number of rotatable bonds is 6. The van der Waals surface area contributed by atoms with Crippen LogP contribution in [0, 0.1) is 17.1 Å². The molecule has 0 amide bonds. The molecule has 1 aromatic rings. The maximum atomic E-state index is 13.5. The van der Waals surface area contributed by atoms with E-state index in [9.17, 15) is 4.39 Å². The molecule has 0 aromatic heterocycles. The van der Waals surface area contributed by atoms with E-state index in [0.717, 1.165) is 6.42 Å². The second-order valence-corrected chi connectivity index (χ2v) is 3.86. The Morgan fingerprint density at radius 3 is 2.88 bits per heavy atom. The predicted molar refractivity (Wildman–Crippen MR) is 63.9 cm³/mol. The summed E-state index contributed by atoms with van der Waals surface area (Å²) in [5.74, 6) is -0.288. The van der Waals surface area contributed by atoms with E-state index >= 15 is 0 Å². The van der Waals surface area contributed by atoms with Crippen LogP contribution in [0.1, 0.15) is 24.5 Å². The molecule has 1 N–H and O–H groups in total. The molecule has 0 bridgehead atoms. The van der Waals surface area contributed by atoms with Crippen LogP contribution in [0.2, 0.25) is 0 Å². The van der Waals surface area contributed by atoms with Crippen LogP contribution in [0.3, 0.4) is 0 Å². The number of methoxy groups -OCH3 is 1. The van der Waals surface area contributed by atoms with Crippen molar-refractivity contribution in [3.8, 4) is 6.07 Å². The molecule has 1 unspecified atom stereocenters. The first kappa shape index (κ1) is 13.6. The monoisotopic (exact) mass is 236 g/mol. The van der Waals surface area contributed by atoms with Crippen LogP contribution >= 0.6 is 0 Å². The van der Waals surface area contributed by atoms with Crippen molar-refractivity contribution in [2.24, 2.45) is 0 Å². The first-order chi connectivity index (χ1) is 8.21. The smallest absolute Gasteiger partial charge is 0.127 e. The van der Waals surface area contributed by atoms with E-state index < -0.39 is 0 Å². The van der Waals surface area contributed by atoms with E-state index in [1.807, 2.05) is 13.0 Å². The molecule has 0 heterocycles. The summed E-state index contributed by atoms with van der Waals surface area (Å²) in [6.45, 7) is 3.04. The number of benzene rings is 1. The van der Waals surface area contributed by atoms with Crippen molar-refractivity contribution >= 4 is 0 Å². The Morgan fingerprint density at radius 2 is 2.29 bits per heavy atom. The molecule has 0 aliphatic rings. The van der Waals surface area contributed by atoms with Crippen molar-refractivity contribution in [1.29, 1.82) is 5.26 Å². The zero-order valence-corrected chi connectivity index (χ0v) is 10.2. The highest BCUT2D eigenvalue weighted by Crippen LogP contribution is 2.10. The zero-order valence-electron chi connectivity index (χ0n) is 10.2. The Hall–Kier alpha value is -1.44. The van der Waals surface area contributed by atoms with Gasteiger partial charge in [0.2, 0.25) is 0 Å². The van der Waals surface area contributed by atoms with Gasteiger partial charge in [-0.2, -0.15) is 5.26 Å². The van der Waals surface area contributed by atoms with E-state index in [-0.39, 0.29) is 11.9 Å². The fraction of sp³-hybridized carbons (Fsp3) is 0.462. The molecule has 0 aliphatic carbocycles. The fourth-order valence-corrected chi connectivity index (χ4v) is 1.56. The molecule has 0 saturated carbocycles. The van der Waals surface area contributed by atoms with Crippen LogP contribution in [-0.2, 0) is 11.3 Å². The fourth-order valence-electron chi connectivity index (χ4n) is 1.56. The summed E-state index contributed by atoms with van der Waals surface area (Å²) in [5.41, 5.74) is 0.988. The molecule has 1 rings (SSSR count). The van der Waals surface area contributed by atoms with Gasteiger partial charge in [0.25, 0.3) is 0 Å². The lowest BCUT2D eigenvalue weighted by Crippen LogP contribution is -2.32. The summed E-state index contributed by atoms with van der Waals surface area (Å²) in [5, 5.41) is 12.0. The highest BCUT2D eigenvalue weighted by Gasteiger charge is 2.08. The largest absolute Gasteiger partial charge is 0.383 e. The summed E-state index contributed by atoms with van der Waals surface area (Å²) in [6.07, 6.45) is 0.910. The van der Waals surface area contributed by atoms with Crippen LogP contribution in [0.5, 0.6) is 0 Å². The molecule has 92 valence electrons. The Morgan fingerprint density at radius 1 is 1.53 bits per heavy atom. The van der Waals surface area contributed by atoms with Crippen LogP contribution in [0.25, 0.3) is 0 Å². The van der Waals surface area contributed by atoms with Gasteiger partial charge in [0.1, 0.15) is 5.82 Å². The Bertz CT molecular complexity index is 401.